The minimum absolute atomic E-state index is 0.0307. The van der Waals surface area contributed by atoms with Crippen molar-refractivity contribution in [3.05, 3.63) is 87.6 Å². The van der Waals surface area contributed by atoms with Crippen LogP contribution in [0.5, 0.6) is 5.75 Å². The Morgan fingerprint density at radius 2 is 1.97 bits per heavy atom. The van der Waals surface area contributed by atoms with Crippen LogP contribution in [0.3, 0.4) is 0 Å². The van der Waals surface area contributed by atoms with Gasteiger partial charge in [0.2, 0.25) is 5.90 Å². The molecule has 0 radical (unpaired) electrons. The average molecular weight is 388 g/mol. The zero-order valence-electron chi connectivity index (χ0n) is 15.5. The molecule has 0 aromatic heterocycles. The predicted molar refractivity (Wildman–Crippen MR) is 109 cm³/mol. The number of carbonyl (C=O) groups excluding carboxylic acids is 1. The Morgan fingerprint density at radius 1 is 1.14 bits per heavy atom. The van der Waals surface area contributed by atoms with Crippen molar-refractivity contribution in [2.24, 2.45) is 4.99 Å². The van der Waals surface area contributed by atoms with Gasteiger partial charge < -0.3 is 9.47 Å². The summed E-state index contributed by atoms with van der Waals surface area (Å²) in [5.74, 6) is 0.0375. The Hall–Kier alpha value is -4.00. The Morgan fingerprint density at radius 3 is 2.76 bits per heavy atom. The van der Waals surface area contributed by atoms with E-state index in [0.29, 0.717) is 17.9 Å². The van der Waals surface area contributed by atoms with Gasteiger partial charge in [-0.3, -0.25) is 10.1 Å². The van der Waals surface area contributed by atoms with Gasteiger partial charge in [-0.1, -0.05) is 36.4 Å². The van der Waals surface area contributed by atoms with Gasteiger partial charge in [0.25, 0.3) is 5.69 Å². The molecule has 7 heteroatoms. The fourth-order valence-corrected chi connectivity index (χ4v) is 3.13. The maximum absolute atomic E-state index is 12.4. The summed E-state index contributed by atoms with van der Waals surface area (Å²) in [4.78, 5) is 27.2. The van der Waals surface area contributed by atoms with E-state index in [9.17, 15) is 14.9 Å². The number of benzene rings is 3. The van der Waals surface area contributed by atoms with E-state index in [0.717, 1.165) is 16.3 Å². The van der Waals surface area contributed by atoms with Crippen molar-refractivity contribution in [3.8, 4) is 5.75 Å². The second-order valence-electron chi connectivity index (χ2n) is 6.28. The Labute approximate surface area is 166 Å². The second kappa shape index (κ2) is 7.55. The molecule has 0 aliphatic carbocycles. The molecule has 1 aliphatic rings. The van der Waals surface area contributed by atoms with Gasteiger partial charge in [-0.2, -0.15) is 0 Å². The van der Waals surface area contributed by atoms with Crippen molar-refractivity contribution in [3.63, 3.8) is 0 Å². The van der Waals surface area contributed by atoms with Crippen LogP contribution in [0.25, 0.3) is 16.8 Å². The summed E-state index contributed by atoms with van der Waals surface area (Å²) in [6.07, 6.45) is 1.63. The fraction of sp³-hybridized carbons (Fsp3) is 0.0909. The third-order valence-corrected chi connectivity index (χ3v) is 4.44. The molecule has 1 aliphatic heterocycles. The SMILES string of the molecule is CCOc1ccc2ccccc2c1/C=C1/N=C(c2cccc([N+](=O)[O-])c2)OC1=O. The van der Waals surface area contributed by atoms with E-state index in [-0.39, 0.29) is 17.3 Å². The number of hydrogen-bond donors (Lipinski definition) is 0. The van der Waals surface area contributed by atoms with E-state index in [1.807, 2.05) is 43.3 Å². The van der Waals surface area contributed by atoms with Crippen LogP contribution < -0.4 is 4.74 Å². The van der Waals surface area contributed by atoms with Crippen molar-refractivity contribution in [2.75, 3.05) is 6.61 Å². The molecule has 0 N–H and O–H groups in total. The minimum atomic E-state index is -0.623. The Kier molecular flexibility index (Phi) is 4.78. The van der Waals surface area contributed by atoms with E-state index < -0.39 is 10.9 Å². The van der Waals surface area contributed by atoms with Gasteiger partial charge in [-0.15, -0.1) is 0 Å². The van der Waals surface area contributed by atoms with Crippen LogP contribution in [0.1, 0.15) is 18.1 Å². The standard InChI is InChI=1S/C22H16N2O5/c1-2-28-20-11-10-14-6-3-4-9-17(14)18(20)13-19-22(25)29-21(23-19)15-7-5-8-16(12-15)24(26)27/h3-13H,2H2,1H3/b19-13+. The van der Waals surface area contributed by atoms with E-state index in [4.69, 9.17) is 9.47 Å². The van der Waals surface area contributed by atoms with Crippen LogP contribution in [0.4, 0.5) is 5.69 Å². The number of nitro benzene ring substituents is 1. The molecule has 3 aromatic rings. The third kappa shape index (κ3) is 3.58. The summed E-state index contributed by atoms with van der Waals surface area (Å²) in [7, 11) is 0. The normalized spacial score (nSPS) is 14.7. The van der Waals surface area contributed by atoms with Crippen LogP contribution in [0.15, 0.2) is 71.4 Å². The summed E-state index contributed by atoms with van der Waals surface area (Å²) in [5, 5.41) is 12.9. The maximum atomic E-state index is 12.4. The highest BCUT2D eigenvalue weighted by Crippen LogP contribution is 2.32. The number of fused-ring (bicyclic) bond motifs is 1. The quantitative estimate of drug-likeness (QED) is 0.278. The van der Waals surface area contributed by atoms with Gasteiger partial charge in [0.15, 0.2) is 5.70 Å². The number of nitrogens with zero attached hydrogens (tertiary/aromatic N) is 2. The number of carbonyl (C=O) groups is 1. The van der Waals surface area contributed by atoms with E-state index in [1.54, 1.807) is 12.1 Å². The summed E-state index contributed by atoms with van der Waals surface area (Å²) in [5.41, 5.74) is 1.08. The monoisotopic (exact) mass is 388 g/mol. The molecule has 0 bridgehead atoms. The lowest BCUT2D eigenvalue weighted by molar-refractivity contribution is -0.384. The maximum Gasteiger partial charge on any atom is 0.363 e. The Balaban J connectivity index is 1.81. The van der Waals surface area contributed by atoms with Crippen molar-refractivity contribution in [1.29, 1.82) is 0 Å². The zero-order valence-corrected chi connectivity index (χ0v) is 15.5. The lowest BCUT2D eigenvalue weighted by Gasteiger charge is -2.10. The molecule has 0 saturated heterocycles. The first-order valence-electron chi connectivity index (χ1n) is 8.98. The zero-order chi connectivity index (χ0) is 20.4. The number of esters is 1. The lowest BCUT2D eigenvalue weighted by Crippen LogP contribution is -2.05. The minimum Gasteiger partial charge on any atom is -0.493 e. The number of rotatable bonds is 5. The van der Waals surface area contributed by atoms with Crippen molar-refractivity contribution < 1.29 is 19.2 Å². The molecule has 144 valence electrons. The van der Waals surface area contributed by atoms with Gasteiger partial charge in [0, 0.05) is 23.3 Å². The number of cyclic esters (lactones) is 1. The number of ether oxygens (including phenoxy) is 2. The highest BCUT2D eigenvalue weighted by Gasteiger charge is 2.26. The third-order valence-electron chi connectivity index (χ3n) is 4.44. The van der Waals surface area contributed by atoms with Crippen LogP contribution >= 0.6 is 0 Å². The molecule has 29 heavy (non-hydrogen) atoms. The fourth-order valence-electron chi connectivity index (χ4n) is 3.13. The van der Waals surface area contributed by atoms with Gasteiger partial charge in [0.1, 0.15) is 5.75 Å². The highest BCUT2D eigenvalue weighted by atomic mass is 16.6. The molecule has 0 atom stereocenters. The lowest BCUT2D eigenvalue weighted by atomic mass is 10.0. The number of hydrogen-bond acceptors (Lipinski definition) is 6. The van der Waals surface area contributed by atoms with Crippen LogP contribution in [0, 0.1) is 10.1 Å². The predicted octanol–water partition coefficient (Wildman–Crippen LogP) is 4.49. The Bertz CT molecular complexity index is 1200. The number of non-ortho nitro benzene ring substituents is 1. The second-order valence-corrected chi connectivity index (χ2v) is 6.28. The molecule has 7 nitrogen and oxygen atoms in total. The van der Waals surface area contributed by atoms with Gasteiger partial charge in [-0.25, -0.2) is 9.79 Å². The van der Waals surface area contributed by atoms with Gasteiger partial charge in [-0.05, 0) is 35.9 Å². The smallest absolute Gasteiger partial charge is 0.363 e. The van der Waals surface area contributed by atoms with Crippen molar-refractivity contribution in [1.82, 2.24) is 0 Å². The molecule has 0 amide bonds. The first-order valence-corrected chi connectivity index (χ1v) is 8.98. The molecule has 4 rings (SSSR count). The molecule has 0 unspecified atom stereocenters. The molecular weight excluding hydrogens is 372 g/mol. The van der Waals surface area contributed by atoms with E-state index in [1.165, 1.54) is 18.2 Å². The largest absolute Gasteiger partial charge is 0.493 e. The molecular formula is C22H16N2O5. The number of nitro groups is 1. The molecule has 0 spiro atoms. The molecule has 3 aromatic carbocycles. The van der Waals surface area contributed by atoms with Crippen molar-refractivity contribution in [2.45, 2.75) is 6.92 Å². The number of aliphatic imine (C=N–C) groups is 1. The summed E-state index contributed by atoms with van der Waals surface area (Å²) >= 11 is 0. The first kappa shape index (κ1) is 18.4. The van der Waals surface area contributed by atoms with Gasteiger partial charge in [0.05, 0.1) is 11.5 Å². The van der Waals surface area contributed by atoms with Crippen LogP contribution in [-0.2, 0) is 9.53 Å². The molecule has 0 fully saturated rings. The summed E-state index contributed by atoms with van der Waals surface area (Å²) in [6.45, 7) is 2.36. The van der Waals surface area contributed by atoms with Gasteiger partial charge >= 0.3 is 5.97 Å². The summed E-state index contributed by atoms with van der Waals surface area (Å²) < 4.78 is 11.0. The highest BCUT2D eigenvalue weighted by molar-refractivity contribution is 6.13. The van der Waals surface area contributed by atoms with Crippen molar-refractivity contribution >= 4 is 34.4 Å². The van der Waals surface area contributed by atoms with Crippen LogP contribution in [0.2, 0.25) is 0 Å². The van der Waals surface area contributed by atoms with E-state index in [2.05, 4.69) is 4.99 Å². The molecule has 1 heterocycles. The average Bonchev–Trinajstić information content (AvgIpc) is 3.10. The van der Waals surface area contributed by atoms with Crippen LogP contribution in [-0.4, -0.2) is 23.4 Å². The topological polar surface area (TPSA) is 91.0 Å². The molecule has 0 saturated carbocycles. The first-order chi connectivity index (χ1) is 14.1. The summed E-state index contributed by atoms with van der Waals surface area (Å²) in [6, 6.07) is 17.4. The van der Waals surface area contributed by atoms with E-state index >= 15 is 0 Å².